The van der Waals surface area contributed by atoms with Gasteiger partial charge in [-0.3, -0.25) is 0 Å². The van der Waals surface area contributed by atoms with Crippen LogP contribution >= 0.6 is 0 Å². The second-order valence-electron chi connectivity index (χ2n) is 3.53. The number of aryl methyl sites for hydroxylation is 1. The van der Waals surface area contributed by atoms with Gasteiger partial charge in [-0.25, -0.2) is 9.97 Å². The number of rotatable bonds is 3. The molecule has 1 N–H and O–H groups in total. The number of nitrogens with zero attached hydrogens (tertiary/aromatic N) is 2. The van der Waals surface area contributed by atoms with Gasteiger partial charge >= 0.3 is 0 Å². The van der Waals surface area contributed by atoms with Crippen LogP contribution in [0.15, 0.2) is 6.33 Å². The van der Waals surface area contributed by atoms with Crippen LogP contribution in [0, 0.1) is 6.92 Å². The van der Waals surface area contributed by atoms with Crippen molar-refractivity contribution in [1.82, 2.24) is 9.97 Å². The van der Waals surface area contributed by atoms with Crippen molar-refractivity contribution in [2.45, 2.75) is 26.3 Å². The van der Waals surface area contributed by atoms with Gasteiger partial charge in [0, 0.05) is 11.3 Å². The van der Waals surface area contributed by atoms with E-state index in [9.17, 15) is 0 Å². The molecule has 1 aromatic heterocycles. The minimum absolute atomic E-state index is 0.424. The molecule has 4 nitrogen and oxygen atoms in total. The fraction of sp³-hybridized carbons (Fsp3) is 0.600. The van der Waals surface area contributed by atoms with Crippen molar-refractivity contribution in [3.63, 3.8) is 0 Å². The van der Waals surface area contributed by atoms with E-state index in [0.29, 0.717) is 6.04 Å². The topological polar surface area (TPSA) is 47.0 Å². The van der Waals surface area contributed by atoms with Crippen molar-refractivity contribution in [2.24, 2.45) is 0 Å². The second kappa shape index (κ2) is 3.92. The van der Waals surface area contributed by atoms with Crippen LogP contribution in [0.2, 0.25) is 0 Å². The lowest BCUT2D eigenvalue weighted by Gasteiger charge is -2.28. The van der Waals surface area contributed by atoms with Gasteiger partial charge in [0.2, 0.25) is 0 Å². The van der Waals surface area contributed by atoms with Crippen LogP contribution in [0.5, 0.6) is 0 Å². The molecular weight excluding hydrogens is 178 g/mol. The molecule has 2 heterocycles. The highest BCUT2D eigenvalue weighted by atomic mass is 16.5. The van der Waals surface area contributed by atoms with E-state index in [0.717, 1.165) is 36.7 Å². The van der Waals surface area contributed by atoms with Crippen LogP contribution in [0.25, 0.3) is 0 Å². The minimum atomic E-state index is 0.424. The number of anilines is 1. The molecule has 0 radical (unpaired) electrons. The van der Waals surface area contributed by atoms with Gasteiger partial charge < -0.3 is 10.1 Å². The SMILES string of the molecule is CCc1ncnc(NC2COC2)c1C. The highest BCUT2D eigenvalue weighted by Crippen LogP contribution is 2.16. The van der Waals surface area contributed by atoms with Gasteiger partial charge in [0.1, 0.15) is 12.1 Å². The molecule has 14 heavy (non-hydrogen) atoms. The molecule has 0 aromatic carbocycles. The highest BCUT2D eigenvalue weighted by molar-refractivity contribution is 5.46. The molecule has 76 valence electrons. The summed E-state index contributed by atoms with van der Waals surface area (Å²) >= 11 is 0. The average molecular weight is 193 g/mol. The van der Waals surface area contributed by atoms with Gasteiger partial charge in [-0.05, 0) is 13.3 Å². The third kappa shape index (κ3) is 1.70. The number of hydrogen-bond donors (Lipinski definition) is 1. The lowest BCUT2D eigenvalue weighted by atomic mass is 10.2. The fourth-order valence-corrected chi connectivity index (χ4v) is 1.50. The molecule has 0 unspecified atom stereocenters. The largest absolute Gasteiger partial charge is 0.377 e. The van der Waals surface area contributed by atoms with Crippen LogP contribution in [0.4, 0.5) is 5.82 Å². The van der Waals surface area contributed by atoms with E-state index in [-0.39, 0.29) is 0 Å². The highest BCUT2D eigenvalue weighted by Gasteiger charge is 2.19. The molecule has 1 fully saturated rings. The maximum absolute atomic E-state index is 5.10. The summed E-state index contributed by atoms with van der Waals surface area (Å²) in [6.45, 7) is 5.72. The zero-order valence-corrected chi connectivity index (χ0v) is 8.58. The first-order valence-corrected chi connectivity index (χ1v) is 4.96. The zero-order valence-electron chi connectivity index (χ0n) is 8.58. The first kappa shape index (κ1) is 9.40. The van der Waals surface area contributed by atoms with Crippen LogP contribution in [-0.2, 0) is 11.2 Å². The van der Waals surface area contributed by atoms with Gasteiger partial charge in [-0.1, -0.05) is 6.92 Å². The number of aromatic nitrogens is 2. The maximum atomic E-state index is 5.10. The molecule has 0 saturated carbocycles. The molecule has 1 saturated heterocycles. The summed E-state index contributed by atoms with van der Waals surface area (Å²) in [6, 6.07) is 0.424. The zero-order chi connectivity index (χ0) is 9.97. The summed E-state index contributed by atoms with van der Waals surface area (Å²) in [5, 5.41) is 3.35. The van der Waals surface area contributed by atoms with E-state index in [1.54, 1.807) is 6.33 Å². The molecule has 0 spiro atoms. The fourth-order valence-electron chi connectivity index (χ4n) is 1.50. The third-order valence-electron chi connectivity index (χ3n) is 2.50. The van der Waals surface area contributed by atoms with E-state index in [2.05, 4.69) is 29.1 Å². The Morgan fingerprint density at radius 2 is 2.29 bits per heavy atom. The van der Waals surface area contributed by atoms with Crippen molar-refractivity contribution in [1.29, 1.82) is 0 Å². The van der Waals surface area contributed by atoms with Crippen molar-refractivity contribution in [2.75, 3.05) is 18.5 Å². The molecule has 4 heteroatoms. The predicted molar refractivity (Wildman–Crippen MR) is 54.4 cm³/mol. The lowest BCUT2D eigenvalue weighted by Crippen LogP contribution is -2.40. The van der Waals surface area contributed by atoms with Gasteiger partial charge in [-0.2, -0.15) is 0 Å². The van der Waals surface area contributed by atoms with E-state index in [1.807, 2.05) is 0 Å². The minimum Gasteiger partial charge on any atom is -0.377 e. The summed E-state index contributed by atoms with van der Waals surface area (Å²) in [6.07, 6.45) is 2.57. The Kier molecular flexibility index (Phi) is 2.63. The normalized spacial score (nSPS) is 16.4. The Morgan fingerprint density at radius 1 is 1.50 bits per heavy atom. The van der Waals surface area contributed by atoms with E-state index in [4.69, 9.17) is 4.74 Å². The summed E-state index contributed by atoms with van der Waals surface area (Å²) in [4.78, 5) is 8.46. The van der Waals surface area contributed by atoms with Gasteiger partial charge in [0.15, 0.2) is 0 Å². The molecule has 0 aliphatic carbocycles. The summed E-state index contributed by atoms with van der Waals surface area (Å²) < 4.78 is 5.10. The summed E-state index contributed by atoms with van der Waals surface area (Å²) in [5.41, 5.74) is 2.27. The Bertz CT molecular complexity index is 323. The molecule has 2 rings (SSSR count). The molecule has 1 aliphatic heterocycles. The molecule has 1 aliphatic rings. The van der Waals surface area contributed by atoms with Crippen molar-refractivity contribution in [3.05, 3.63) is 17.6 Å². The number of nitrogens with one attached hydrogen (secondary N) is 1. The Hall–Kier alpha value is -1.16. The van der Waals surface area contributed by atoms with Crippen molar-refractivity contribution >= 4 is 5.82 Å². The van der Waals surface area contributed by atoms with Crippen LogP contribution < -0.4 is 5.32 Å². The third-order valence-corrected chi connectivity index (χ3v) is 2.50. The average Bonchev–Trinajstić information content (AvgIpc) is 2.13. The molecule has 0 bridgehead atoms. The van der Waals surface area contributed by atoms with Gasteiger partial charge in [-0.15, -0.1) is 0 Å². The summed E-state index contributed by atoms with van der Waals surface area (Å²) in [5.74, 6) is 0.949. The smallest absolute Gasteiger partial charge is 0.132 e. The number of ether oxygens (including phenoxy) is 1. The maximum Gasteiger partial charge on any atom is 0.132 e. The quantitative estimate of drug-likeness (QED) is 0.782. The van der Waals surface area contributed by atoms with Crippen molar-refractivity contribution in [3.8, 4) is 0 Å². The Balaban J connectivity index is 2.15. The second-order valence-corrected chi connectivity index (χ2v) is 3.53. The number of hydrogen-bond acceptors (Lipinski definition) is 4. The first-order valence-electron chi connectivity index (χ1n) is 4.96. The first-order chi connectivity index (χ1) is 6.81. The van der Waals surface area contributed by atoms with Gasteiger partial charge in [0.25, 0.3) is 0 Å². The molecule has 1 aromatic rings. The van der Waals surface area contributed by atoms with E-state index >= 15 is 0 Å². The molecule has 0 atom stereocenters. The Morgan fingerprint density at radius 3 is 2.86 bits per heavy atom. The van der Waals surface area contributed by atoms with E-state index in [1.165, 1.54) is 0 Å². The summed E-state index contributed by atoms with van der Waals surface area (Å²) in [7, 11) is 0. The van der Waals surface area contributed by atoms with E-state index < -0.39 is 0 Å². The standard InChI is InChI=1S/C10H15N3O/c1-3-9-7(2)10(12-6-11-9)13-8-4-14-5-8/h6,8H,3-5H2,1-2H3,(H,11,12,13). The van der Waals surface area contributed by atoms with Crippen LogP contribution in [0.1, 0.15) is 18.2 Å². The predicted octanol–water partition coefficient (Wildman–Crippen LogP) is 1.16. The molecule has 0 amide bonds. The van der Waals surface area contributed by atoms with Gasteiger partial charge in [0.05, 0.1) is 19.3 Å². The van der Waals surface area contributed by atoms with Crippen LogP contribution in [0.3, 0.4) is 0 Å². The lowest BCUT2D eigenvalue weighted by molar-refractivity contribution is 0.0209. The Labute approximate surface area is 83.7 Å². The van der Waals surface area contributed by atoms with Crippen molar-refractivity contribution < 1.29 is 4.74 Å². The van der Waals surface area contributed by atoms with Crippen LogP contribution in [-0.4, -0.2) is 29.2 Å². The monoisotopic (exact) mass is 193 g/mol. The molecular formula is C10H15N3O.